The minimum atomic E-state index is -1.10. The smallest absolute Gasteiger partial charge is 0.246 e. The van der Waals surface area contributed by atoms with Crippen LogP contribution >= 0.6 is 0 Å². The Kier molecular flexibility index (Phi) is 5.29. The molecule has 4 aliphatic rings. The highest BCUT2D eigenvalue weighted by Crippen LogP contribution is 2.55. The summed E-state index contributed by atoms with van der Waals surface area (Å²) in [5, 5.41) is 6.15. The molecule has 2 saturated heterocycles. The van der Waals surface area contributed by atoms with E-state index in [1.807, 2.05) is 32.9 Å². The summed E-state index contributed by atoms with van der Waals surface area (Å²) in [5.74, 6) is -1.90. The van der Waals surface area contributed by atoms with Gasteiger partial charge in [0.15, 0.2) is 0 Å². The fraction of sp³-hybridized carbons (Fsp3) is 0.696. The van der Waals surface area contributed by atoms with Crippen LogP contribution < -0.4 is 10.6 Å². The number of carbonyl (C=O) groups is 3. The van der Waals surface area contributed by atoms with E-state index in [1.54, 1.807) is 6.08 Å². The summed E-state index contributed by atoms with van der Waals surface area (Å²) in [7, 11) is 0. The van der Waals surface area contributed by atoms with Gasteiger partial charge < -0.3 is 20.3 Å². The van der Waals surface area contributed by atoms with Crippen molar-refractivity contribution in [3.63, 3.8) is 0 Å². The molecule has 1 saturated carbocycles. The zero-order valence-corrected chi connectivity index (χ0v) is 18.1. The molecule has 3 heterocycles. The van der Waals surface area contributed by atoms with Crippen LogP contribution in [0.25, 0.3) is 0 Å². The number of nitrogens with zero attached hydrogens (tertiary/aromatic N) is 1. The minimum Gasteiger partial charge on any atom is -0.359 e. The average Bonchev–Trinajstić information content (AvgIpc) is 3.29. The lowest BCUT2D eigenvalue weighted by Crippen LogP contribution is -2.58. The Morgan fingerprint density at radius 2 is 1.97 bits per heavy atom. The topological polar surface area (TPSA) is 87.7 Å². The molecule has 7 nitrogen and oxygen atoms in total. The second-order valence-corrected chi connectivity index (χ2v) is 10.1. The molecular formula is C23H33N3O4. The van der Waals surface area contributed by atoms with Crippen LogP contribution in [0.3, 0.4) is 0 Å². The number of ether oxygens (including phenoxy) is 1. The van der Waals surface area contributed by atoms with E-state index in [4.69, 9.17) is 4.74 Å². The van der Waals surface area contributed by atoms with Crippen LogP contribution in [0.15, 0.2) is 24.8 Å². The summed E-state index contributed by atoms with van der Waals surface area (Å²) in [5.41, 5.74) is -1.55. The number of hydrogen-bond donors (Lipinski definition) is 2. The van der Waals surface area contributed by atoms with Gasteiger partial charge in [-0.25, -0.2) is 0 Å². The van der Waals surface area contributed by atoms with Gasteiger partial charge in [0.1, 0.15) is 11.6 Å². The van der Waals surface area contributed by atoms with Crippen molar-refractivity contribution in [1.82, 2.24) is 15.5 Å². The number of fused-ring (bicyclic) bond motifs is 1. The molecule has 5 atom stereocenters. The summed E-state index contributed by atoms with van der Waals surface area (Å²) in [4.78, 5) is 41.5. The largest absolute Gasteiger partial charge is 0.359 e. The molecule has 0 aromatic carbocycles. The minimum absolute atomic E-state index is 0.132. The second kappa shape index (κ2) is 7.52. The molecule has 3 fully saturated rings. The summed E-state index contributed by atoms with van der Waals surface area (Å²) in [6.45, 7) is 9.68. The second-order valence-electron chi connectivity index (χ2n) is 10.1. The number of nitrogens with one attached hydrogen (secondary N) is 2. The summed E-state index contributed by atoms with van der Waals surface area (Å²) < 4.78 is 6.27. The third-order valence-corrected chi connectivity index (χ3v) is 6.70. The van der Waals surface area contributed by atoms with E-state index in [9.17, 15) is 14.4 Å². The first-order valence-corrected chi connectivity index (χ1v) is 11.1. The van der Waals surface area contributed by atoms with E-state index < -0.39 is 35.1 Å². The van der Waals surface area contributed by atoms with Crippen molar-refractivity contribution in [2.75, 3.05) is 6.54 Å². The monoisotopic (exact) mass is 415 g/mol. The number of hydrogen-bond acceptors (Lipinski definition) is 4. The Labute approximate surface area is 178 Å². The first kappa shape index (κ1) is 21.1. The maximum atomic E-state index is 13.5. The van der Waals surface area contributed by atoms with Crippen molar-refractivity contribution in [3.8, 4) is 0 Å². The van der Waals surface area contributed by atoms with Crippen molar-refractivity contribution < 1.29 is 19.1 Å². The van der Waals surface area contributed by atoms with Crippen molar-refractivity contribution in [3.05, 3.63) is 24.8 Å². The molecule has 7 heteroatoms. The number of rotatable bonds is 5. The molecule has 0 aromatic heterocycles. The van der Waals surface area contributed by atoms with Gasteiger partial charge in [0, 0.05) is 18.1 Å². The third kappa shape index (κ3) is 3.37. The lowest BCUT2D eigenvalue weighted by molar-refractivity contribution is -0.141. The van der Waals surface area contributed by atoms with Crippen molar-refractivity contribution in [2.24, 2.45) is 11.8 Å². The Bertz CT molecular complexity index is 780. The predicted molar refractivity (Wildman–Crippen MR) is 112 cm³/mol. The fourth-order valence-corrected chi connectivity index (χ4v) is 5.59. The molecule has 3 amide bonds. The molecule has 0 aromatic rings. The third-order valence-electron chi connectivity index (χ3n) is 6.70. The molecule has 164 valence electrons. The van der Waals surface area contributed by atoms with E-state index >= 15 is 0 Å². The zero-order chi connectivity index (χ0) is 21.7. The summed E-state index contributed by atoms with van der Waals surface area (Å²) in [6.07, 6.45) is 10.2. The summed E-state index contributed by atoms with van der Waals surface area (Å²) >= 11 is 0. The summed E-state index contributed by atoms with van der Waals surface area (Å²) in [6, 6.07) is -0.660. The van der Waals surface area contributed by atoms with Gasteiger partial charge in [-0.2, -0.15) is 0 Å². The molecule has 30 heavy (non-hydrogen) atoms. The maximum Gasteiger partial charge on any atom is 0.246 e. The molecule has 0 radical (unpaired) electrons. The molecule has 0 unspecified atom stereocenters. The van der Waals surface area contributed by atoms with Crippen LogP contribution in [0.2, 0.25) is 0 Å². The van der Waals surface area contributed by atoms with Crippen LogP contribution in [0, 0.1) is 11.8 Å². The van der Waals surface area contributed by atoms with Crippen molar-refractivity contribution >= 4 is 17.7 Å². The number of amides is 3. The van der Waals surface area contributed by atoms with Crippen molar-refractivity contribution in [1.29, 1.82) is 0 Å². The Morgan fingerprint density at radius 3 is 2.60 bits per heavy atom. The normalized spacial score (nSPS) is 35.4. The van der Waals surface area contributed by atoms with Crippen LogP contribution in [-0.4, -0.2) is 58.5 Å². The van der Waals surface area contributed by atoms with Crippen molar-refractivity contribution in [2.45, 2.75) is 82.2 Å². The lowest BCUT2D eigenvalue weighted by atomic mass is 9.74. The van der Waals surface area contributed by atoms with Crippen LogP contribution in [-0.2, 0) is 19.1 Å². The van der Waals surface area contributed by atoms with Crippen LogP contribution in [0.1, 0.15) is 52.9 Å². The van der Waals surface area contributed by atoms with Gasteiger partial charge in [-0.3, -0.25) is 14.4 Å². The van der Waals surface area contributed by atoms with Gasteiger partial charge in [0.2, 0.25) is 17.7 Å². The number of likely N-dealkylation sites (tertiary alicyclic amines) is 1. The fourth-order valence-electron chi connectivity index (χ4n) is 5.59. The Hall–Kier alpha value is -2.15. The van der Waals surface area contributed by atoms with Crippen LogP contribution in [0.4, 0.5) is 0 Å². The zero-order valence-electron chi connectivity index (χ0n) is 18.1. The van der Waals surface area contributed by atoms with Gasteiger partial charge in [-0.1, -0.05) is 37.5 Å². The first-order valence-electron chi connectivity index (χ1n) is 11.1. The van der Waals surface area contributed by atoms with Gasteiger partial charge in [0.25, 0.3) is 0 Å². The number of carbonyl (C=O) groups excluding carboxylic acids is 3. The van der Waals surface area contributed by atoms with Crippen LogP contribution in [0.5, 0.6) is 0 Å². The molecule has 2 bridgehead atoms. The predicted octanol–water partition coefficient (Wildman–Crippen LogP) is 1.69. The SMILES string of the molecule is C=CCN1C(=O)[C@H]2[C@@H](C(=O)NC3CCCCC3)[C@@H]3C=C[C@@]2(O3)[C@@H]1C(=O)NC(C)(C)C. The maximum absolute atomic E-state index is 13.5. The highest BCUT2D eigenvalue weighted by Gasteiger charge is 2.72. The molecule has 1 aliphatic carbocycles. The van der Waals surface area contributed by atoms with E-state index in [2.05, 4.69) is 17.2 Å². The average molecular weight is 416 g/mol. The van der Waals surface area contributed by atoms with Gasteiger partial charge >= 0.3 is 0 Å². The van der Waals surface area contributed by atoms with E-state index in [1.165, 1.54) is 11.3 Å². The van der Waals surface area contributed by atoms with Gasteiger partial charge in [0.05, 0.1) is 17.9 Å². The standard InChI is InChI=1S/C23H33N3O4/c1-5-13-26-18(20(28)25-22(2,3)4)23-12-11-15(30-23)16(17(23)21(26)29)19(27)24-14-9-7-6-8-10-14/h5,11-12,14-18H,1,6-10,13H2,2-4H3,(H,24,27)(H,25,28)/t15-,16-,17+,18-,23-/m0/s1. The molecule has 3 aliphatic heterocycles. The van der Waals surface area contributed by atoms with E-state index in [0.717, 1.165) is 25.7 Å². The highest BCUT2D eigenvalue weighted by atomic mass is 16.5. The van der Waals surface area contributed by atoms with E-state index in [-0.39, 0.29) is 30.3 Å². The highest BCUT2D eigenvalue weighted by molar-refractivity contribution is 6.00. The quantitative estimate of drug-likeness (QED) is 0.669. The lowest BCUT2D eigenvalue weighted by Gasteiger charge is -2.34. The van der Waals surface area contributed by atoms with Gasteiger partial charge in [-0.15, -0.1) is 6.58 Å². The first-order chi connectivity index (χ1) is 14.2. The molecular weight excluding hydrogens is 382 g/mol. The molecule has 4 rings (SSSR count). The van der Waals surface area contributed by atoms with E-state index in [0.29, 0.717) is 0 Å². The molecule has 2 N–H and O–H groups in total. The Morgan fingerprint density at radius 1 is 1.27 bits per heavy atom. The molecule has 1 spiro atoms. The van der Waals surface area contributed by atoms with Gasteiger partial charge in [-0.05, 0) is 33.6 Å². The Balaban J connectivity index is 1.63.